The first-order chi connectivity index (χ1) is 15.7. The van der Waals surface area contributed by atoms with Crippen molar-refractivity contribution in [1.82, 2.24) is 24.4 Å². The SMILES string of the molecule is O=C(NCc1nnc2n1CCCCC2)C1CCN(S(=O)(=O)c2cccc(C(F)(F)F)c2)CC1. The van der Waals surface area contributed by atoms with Crippen LogP contribution in [0.3, 0.4) is 0 Å². The van der Waals surface area contributed by atoms with Gasteiger partial charge in [-0.15, -0.1) is 10.2 Å². The maximum Gasteiger partial charge on any atom is 0.416 e. The summed E-state index contributed by atoms with van der Waals surface area (Å²) in [6.45, 7) is 1.22. The molecule has 1 fully saturated rings. The smallest absolute Gasteiger partial charge is 0.349 e. The van der Waals surface area contributed by atoms with Gasteiger partial charge in [0.05, 0.1) is 17.0 Å². The number of fused-ring (bicyclic) bond motifs is 1. The van der Waals surface area contributed by atoms with E-state index in [9.17, 15) is 26.4 Å². The molecule has 0 unspecified atom stereocenters. The molecule has 180 valence electrons. The van der Waals surface area contributed by atoms with Crippen molar-refractivity contribution in [1.29, 1.82) is 0 Å². The summed E-state index contributed by atoms with van der Waals surface area (Å²) in [6, 6.07) is 3.73. The van der Waals surface area contributed by atoms with Crippen LogP contribution in [0.15, 0.2) is 29.2 Å². The largest absolute Gasteiger partial charge is 0.416 e. The van der Waals surface area contributed by atoms with Gasteiger partial charge in [-0.2, -0.15) is 17.5 Å². The number of piperidine rings is 1. The van der Waals surface area contributed by atoms with Crippen molar-refractivity contribution in [2.75, 3.05) is 13.1 Å². The van der Waals surface area contributed by atoms with Crippen molar-refractivity contribution in [3.05, 3.63) is 41.5 Å². The lowest BCUT2D eigenvalue weighted by Gasteiger charge is -2.30. The number of hydrogen-bond donors (Lipinski definition) is 1. The molecule has 2 aromatic rings. The molecular formula is C21H26F3N5O3S. The highest BCUT2D eigenvalue weighted by Crippen LogP contribution is 2.32. The third kappa shape index (κ3) is 5.21. The number of benzene rings is 1. The normalized spacial score (nSPS) is 18.5. The maximum atomic E-state index is 13.0. The number of carbonyl (C=O) groups is 1. The van der Waals surface area contributed by atoms with E-state index in [1.54, 1.807) is 0 Å². The lowest BCUT2D eigenvalue weighted by molar-refractivity contribution is -0.137. The van der Waals surface area contributed by atoms with Gasteiger partial charge < -0.3 is 9.88 Å². The molecule has 0 spiro atoms. The van der Waals surface area contributed by atoms with Gasteiger partial charge in [0, 0.05) is 32.0 Å². The number of aromatic nitrogens is 3. The van der Waals surface area contributed by atoms with E-state index in [1.165, 1.54) is 0 Å². The molecule has 0 radical (unpaired) electrons. The summed E-state index contributed by atoms with van der Waals surface area (Å²) in [7, 11) is -4.08. The molecule has 2 aliphatic heterocycles. The summed E-state index contributed by atoms with van der Waals surface area (Å²) in [5.74, 6) is 1.09. The van der Waals surface area contributed by atoms with Crippen LogP contribution in [0.25, 0.3) is 0 Å². The Kier molecular flexibility index (Phi) is 6.76. The van der Waals surface area contributed by atoms with E-state index >= 15 is 0 Å². The zero-order chi connectivity index (χ0) is 23.6. The van der Waals surface area contributed by atoms with Gasteiger partial charge in [0.25, 0.3) is 0 Å². The molecule has 1 aromatic heterocycles. The quantitative estimate of drug-likeness (QED) is 0.703. The Hall–Kier alpha value is -2.47. The summed E-state index contributed by atoms with van der Waals surface area (Å²) in [5, 5.41) is 11.3. The molecule has 33 heavy (non-hydrogen) atoms. The molecule has 0 saturated carbocycles. The van der Waals surface area contributed by atoms with Crippen LogP contribution in [-0.4, -0.2) is 46.5 Å². The van der Waals surface area contributed by atoms with E-state index in [4.69, 9.17) is 0 Å². The fraction of sp³-hybridized carbons (Fsp3) is 0.571. The molecule has 0 atom stereocenters. The van der Waals surface area contributed by atoms with Crippen LogP contribution in [0.5, 0.6) is 0 Å². The van der Waals surface area contributed by atoms with Crippen LogP contribution in [0.2, 0.25) is 0 Å². The summed E-state index contributed by atoms with van der Waals surface area (Å²) < 4.78 is 67.7. The summed E-state index contributed by atoms with van der Waals surface area (Å²) in [6.07, 6.45) is 0.0947. The summed E-state index contributed by atoms with van der Waals surface area (Å²) in [5.41, 5.74) is -1.01. The number of amides is 1. The minimum absolute atomic E-state index is 0.0665. The molecule has 3 heterocycles. The van der Waals surface area contributed by atoms with Crippen molar-refractivity contribution < 1.29 is 26.4 Å². The van der Waals surface area contributed by atoms with Crippen LogP contribution < -0.4 is 5.32 Å². The number of halogens is 3. The Morgan fingerprint density at radius 3 is 2.58 bits per heavy atom. The highest BCUT2D eigenvalue weighted by atomic mass is 32.2. The molecule has 8 nitrogen and oxygen atoms in total. The average Bonchev–Trinajstić information content (AvgIpc) is 3.02. The molecule has 0 aliphatic carbocycles. The van der Waals surface area contributed by atoms with E-state index in [2.05, 4.69) is 20.1 Å². The van der Waals surface area contributed by atoms with Gasteiger partial charge in [-0.1, -0.05) is 12.5 Å². The second-order valence-electron chi connectivity index (χ2n) is 8.42. The second kappa shape index (κ2) is 9.41. The van der Waals surface area contributed by atoms with Gasteiger partial charge in [0.1, 0.15) is 5.82 Å². The summed E-state index contributed by atoms with van der Waals surface area (Å²) >= 11 is 0. The average molecular weight is 486 g/mol. The minimum Gasteiger partial charge on any atom is -0.349 e. The van der Waals surface area contributed by atoms with Crippen LogP contribution >= 0.6 is 0 Å². The number of nitrogens with zero attached hydrogens (tertiary/aromatic N) is 4. The number of alkyl halides is 3. The first kappa shape index (κ1) is 23.7. The monoisotopic (exact) mass is 485 g/mol. The number of hydrogen-bond acceptors (Lipinski definition) is 5. The molecule has 0 bridgehead atoms. The molecule has 1 saturated heterocycles. The molecular weight excluding hydrogens is 459 g/mol. The number of carbonyl (C=O) groups excluding carboxylic acids is 1. The van der Waals surface area contributed by atoms with Crippen molar-refractivity contribution in [2.45, 2.75) is 62.7 Å². The lowest BCUT2D eigenvalue weighted by atomic mass is 9.97. The van der Waals surface area contributed by atoms with Gasteiger partial charge in [0.2, 0.25) is 15.9 Å². The van der Waals surface area contributed by atoms with Crippen LogP contribution in [0.4, 0.5) is 13.2 Å². The Labute approximate surface area is 190 Å². The standard InChI is InChI=1S/C21H26F3N5O3S/c22-21(23,24)16-5-4-6-17(13-16)33(31,32)28-11-8-15(9-12-28)20(30)25-14-19-27-26-18-7-2-1-3-10-29(18)19/h4-6,13,15H,1-3,7-12,14H2,(H,25,30). The first-order valence-electron chi connectivity index (χ1n) is 11.0. The highest BCUT2D eigenvalue weighted by molar-refractivity contribution is 7.89. The number of sulfonamides is 1. The Bertz CT molecular complexity index is 1110. The summed E-state index contributed by atoms with van der Waals surface area (Å²) in [4.78, 5) is 12.3. The zero-order valence-electron chi connectivity index (χ0n) is 18.0. The number of nitrogens with one attached hydrogen (secondary N) is 1. The van der Waals surface area contributed by atoms with E-state index in [1.807, 2.05) is 0 Å². The first-order valence-corrected chi connectivity index (χ1v) is 12.5. The van der Waals surface area contributed by atoms with Gasteiger partial charge in [-0.05, 0) is 43.9 Å². The Morgan fingerprint density at radius 1 is 1.09 bits per heavy atom. The highest BCUT2D eigenvalue weighted by Gasteiger charge is 2.35. The third-order valence-corrected chi connectivity index (χ3v) is 8.13. The second-order valence-corrected chi connectivity index (χ2v) is 10.4. The van der Waals surface area contributed by atoms with Crippen molar-refractivity contribution in [3.8, 4) is 0 Å². The van der Waals surface area contributed by atoms with Crippen molar-refractivity contribution >= 4 is 15.9 Å². The zero-order valence-corrected chi connectivity index (χ0v) is 18.8. The van der Waals surface area contributed by atoms with Crippen LogP contribution in [-0.2, 0) is 40.5 Å². The fourth-order valence-electron chi connectivity index (χ4n) is 4.33. The van der Waals surface area contributed by atoms with Crippen LogP contribution in [0.1, 0.15) is 49.3 Å². The van der Waals surface area contributed by atoms with Crippen LogP contribution in [0, 0.1) is 5.92 Å². The molecule has 1 N–H and O–H groups in total. The van der Waals surface area contributed by atoms with E-state index in [0.29, 0.717) is 24.7 Å². The van der Waals surface area contributed by atoms with Crippen molar-refractivity contribution in [3.63, 3.8) is 0 Å². The number of aryl methyl sites for hydroxylation is 1. The molecule has 1 amide bonds. The van der Waals surface area contributed by atoms with Gasteiger partial charge >= 0.3 is 6.18 Å². The predicted octanol–water partition coefficient (Wildman–Crippen LogP) is 2.74. The van der Waals surface area contributed by atoms with E-state index in [0.717, 1.165) is 60.6 Å². The van der Waals surface area contributed by atoms with Gasteiger partial charge in [-0.3, -0.25) is 4.79 Å². The molecule has 12 heteroatoms. The number of rotatable bonds is 5. The van der Waals surface area contributed by atoms with Crippen molar-refractivity contribution in [2.24, 2.45) is 5.92 Å². The molecule has 4 rings (SSSR count). The topological polar surface area (TPSA) is 97.2 Å². The lowest BCUT2D eigenvalue weighted by Crippen LogP contribution is -2.43. The van der Waals surface area contributed by atoms with E-state index < -0.39 is 26.7 Å². The van der Waals surface area contributed by atoms with Gasteiger partial charge in [-0.25, -0.2) is 8.42 Å². The Morgan fingerprint density at radius 2 is 1.85 bits per heavy atom. The molecule has 2 aliphatic rings. The Balaban J connectivity index is 1.34. The molecule has 1 aromatic carbocycles. The van der Waals surface area contributed by atoms with Gasteiger partial charge in [0.15, 0.2) is 5.82 Å². The predicted molar refractivity (Wildman–Crippen MR) is 112 cm³/mol. The maximum absolute atomic E-state index is 13.0. The van der Waals surface area contributed by atoms with E-state index in [-0.39, 0.29) is 31.5 Å². The fourth-order valence-corrected chi connectivity index (χ4v) is 5.84. The minimum atomic E-state index is -4.63. The third-order valence-electron chi connectivity index (χ3n) is 6.23.